The number of nitrogens with zero attached hydrogens (tertiary/aromatic N) is 1. The average Bonchev–Trinajstić information content (AvgIpc) is 3.25. The number of hydrogen-bond acceptors (Lipinski definition) is 4. The molecule has 0 fully saturated rings. The molecule has 1 amide bonds. The van der Waals surface area contributed by atoms with Crippen molar-refractivity contribution in [2.24, 2.45) is 12.8 Å². The molecular weight excluding hydrogens is 503 g/mol. The number of nitrogens with one attached hydrogen (secondary N) is 1. The number of nitrogens with two attached hydrogens (primary N) is 1. The lowest BCUT2D eigenvalue weighted by molar-refractivity contribution is -0.138. The van der Waals surface area contributed by atoms with Crippen LogP contribution in [0.5, 0.6) is 0 Å². The minimum atomic E-state index is -4.64. The van der Waals surface area contributed by atoms with Crippen molar-refractivity contribution in [1.29, 1.82) is 0 Å². The summed E-state index contributed by atoms with van der Waals surface area (Å²) in [4.78, 5) is 47.5. The molecular formula is C27H24F3N3O5. The van der Waals surface area contributed by atoms with Crippen molar-refractivity contribution in [2.45, 2.75) is 25.9 Å². The number of halogens is 3. The van der Waals surface area contributed by atoms with E-state index in [0.717, 1.165) is 17.0 Å². The van der Waals surface area contributed by atoms with Crippen LogP contribution >= 0.6 is 0 Å². The Kier molecular flexibility index (Phi) is 8.20. The number of carbonyl (C=O) groups is 3. The van der Waals surface area contributed by atoms with Crippen molar-refractivity contribution < 1.29 is 32.7 Å². The van der Waals surface area contributed by atoms with E-state index >= 15 is 0 Å². The number of para-hydroxylation sites is 1. The molecule has 0 atom stereocenters. The highest BCUT2D eigenvalue weighted by Gasteiger charge is 2.35. The molecule has 4 aromatic rings. The Morgan fingerprint density at radius 2 is 1.74 bits per heavy atom. The first-order valence-corrected chi connectivity index (χ1v) is 11.3. The highest BCUT2D eigenvalue weighted by Crippen LogP contribution is 2.35. The average molecular weight is 527 g/mol. The maximum absolute atomic E-state index is 13.3. The molecule has 0 bridgehead atoms. The number of amides is 1. The number of fused-ring (bicyclic) bond motifs is 1. The van der Waals surface area contributed by atoms with Crippen LogP contribution in [0.1, 0.15) is 44.1 Å². The first-order chi connectivity index (χ1) is 17.8. The number of carboxylic acid groups (broad SMARTS) is 1. The van der Waals surface area contributed by atoms with E-state index in [4.69, 9.17) is 10.8 Å². The van der Waals surface area contributed by atoms with Gasteiger partial charge in [-0.3, -0.25) is 19.2 Å². The maximum Gasteiger partial charge on any atom is 0.417 e. The van der Waals surface area contributed by atoms with Crippen molar-refractivity contribution in [3.63, 3.8) is 0 Å². The summed E-state index contributed by atoms with van der Waals surface area (Å²) in [6.45, 7) is 1.44. The maximum atomic E-state index is 13.3. The number of aromatic amines is 1. The number of aldehydes is 1. The topological polar surface area (TPSA) is 135 Å². The molecule has 0 radical (unpaired) electrons. The number of carboxylic acids is 1. The van der Waals surface area contributed by atoms with Gasteiger partial charge in [-0.15, -0.1) is 0 Å². The Hall–Kier alpha value is -4.67. The fraction of sp³-hybridized carbons (Fsp3) is 0.185. The fourth-order valence-corrected chi connectivity index (χ4v) is 3.89. The number of carbonyl (C=O) groups excluding carboxylic acids is 2. The van der Waals surface area contributed by atoms with Crippen LogP contribution in [0, 0.1) is 6.92 Å². The monoisotopic (exact) mass is 527 g/mol. The molecule has 2 heterocycles. The molecule has 2 aromatic carbocycles. The van der Waals surface area contributed by atoms with E-state index in [1.165, 1.54) is 42.8 Å². The molecule has 38 heavy (non-hydrogen) atoms. The van der Waals surface area contributed by atoms with Gasteiger partial charge in [0.05, 0.1) is 16.7 Å². The number of aryl methyl sites for hydroxylation is 2. The Morgan fingerprint density at radius 3 is 2.29 bits per heavy atom. The smallest absolute Gasteiger partial charge is 0.417 e. The number of hydrogen-bond donors (Lipinski definition) is 3. The quantitative estimate of drug-likeness (QED) is 0.318. The number of primary amides is 1. The van der Waals surface area contributed by atoms with Crippen molar-refractivity contribution in [2.75, 3.05) is 0 Å². The summed E-state index contributed by atoms with van der Waals surface area (Å²) in [6.07, 6.45) is -3.80. The Balaban J connectivity index is 0.000000241. The number of pyridine rings is 1. The fourth-order valence-electron chi connectivity index (χ4n) is 3.89. The van der Waals surface area contributed by atoms with Gasteiger partial charge in [0.1, 0.15) is 5.69 Å². The molecule has 0 spiro atoms. The van der Waals surface area contributed by atoms with Crippen LogP contribution in [0.15, 0.2) is 59.4 Å². The van der Waals surface area contributed by atoms with E-state index in [0.29, 0.717) is 17.4 Å². The second kappa shape index (κ2) is 11.2. The molecule has 0 aliphatic rings. The molecule has 0 aliphatic carbocycles. The van der Waals surface area contributed by atoms with E-state index in [2.05, 4.69) is 4.98 Å². The molecule has 0 saturated heterocycles. The lowest BCUT2D eigenvalue weighted by Gasteiger charge is -2.16. The number of rotatable bonds is 6. The van der Waals surface area contributed by atoms with Crippen molar-refractivity contribution >= 4 is 29.1 Å². The summed E-state index contributed by atoms with van der Waals surface area (Å²) < 4.78 is 41.1. The first-order valence-electron chi connectivity index (χ1n) is 11.3. The lowest BCUT2D eigenvalue weighted by Crippen LogP contribution is -2.25. The van der Waals surface area contributed by atoms with Gasteiger partial charge in [0.15, 0.2) is 6.29 Å². The van der Waals surface area contributed by atoms with Gasteiger partial charge >= 0.3 is 12.1 Å². The normalized spacial score (nSPS) is 11.1. The Bertz CT molecular complexity index is 1570. The Labute approximate surface area is 214 Å². The highest BCUT2D eigenvalue weighted by molar-refractivity contribution is 6.09. The van der Waals surface area contributed by atoms with E-state index < -0.39 is 34.7 Å². The van der Waals surface area contributed by atoms with Crippen LogP contribution in [0.4, 0.5) is 13.2 Å². The van der Waals surface area contributed by atoms with E-state index in [-0.39, 0.29) is 29.8 Å². The Morgan fingerprint density at radius 1 is 1.11 bits per heavy atom. The summed E-state index contributed by atoms with van der Waals surface area (Å²) in [5, 5.41) is 9.38. The zero-order valence-corrected chi connectivity index (χ0v) is 20.4. The minimum absolute atomic E-state index is 0.0700. The standard InChI is InChI=1S/C17H16F3NO3.C10H8N2O2/c1-10-9-13(17(18,19)20)15(16(24)21(10)2)12-6-3-11(4-7-12)5-8-14(22)23;11-10(14)9-7(5-13)6-3-1-2-4-8(6)12-9/h3-4,6-7,9H,5,8H2,1-2H3,(H,22,23);1-5,12H,(H2,11,14). The molecule has 4 rings (SSSR count). The van der Waals surface area contributed by atoms with Gasteiger partial charge in [-0.05, 0) is 36.6 Å². The molecule has 8 nitrogen and oxygen atoms in total. The van der Waals surface area contributed by atoms with Gasteiger partial charge < -0.3 is 20.4 Å². The van der Waals surface area contributed by atoms with Crippen molar-refractivity contribution in [3.8, 4) is 11.1 Å². The van der Waals surface area contributed by atoms with Crippen molar-refractivity contribution in [3.05, 3.63) is 93.0 Å². The third kappa shape index (κ3) is 6.00. The van der Waals surface area contributed by atoms with Gasteiger partial charge in [-0.25, -0.2) is 0 Å². The number of H-pyrrole nitrogens is 1. The summed E-state index contributed by atoms with van der Waals surface area (Å²) >= 11 is 0. The van der Waals surface area contributed by atoms with Crippen LogP contribution in [0.3, 0.4) is 0 Å². The SMILES string of the molecule is Cc1cc(C(F)(F)F)c(-c2ccc(CCC(=O)O)cc2)c(=O)n1C.NC(=O)c1[nH]c2ccccc2c1C=O. The van der Waals surface area contributed by atoms with E-state index in [9.17, 15) is 32.3 Å². The summed E-state index contributed by atoms with van der Waals surface area (Å²) in [5.41, 5.74) is 5.31. The summed E-state index contributed by atoms with van der Waals surface area (Å²) in [7, 11) is 1.42. The number of benzene rings is 2. The molecule has 0 saturated carbocycles. The second-order valence-electron chi connectivity index (χ2n) is 8.47. The van der Waals surface area contributed by atoms with E-state index in [1.54, 1.807) is 18.2 Å². The largest absolute Gasteiger partial charge is 0.481 e. The van der Waals surface area contributed by atoms with Crippen molar-refractivity contribution in [1.82, 2.24) is 9.55 Å². The molecule has 4 N–H and O–H groups in total. The van der Waals surface area contributed by atoms with Gasteiger partial charge in [-0.2, -0.15) is 13.2 Å². The van der Waals surface area contributed by atoms with Gasteiger partial charge in [0.25, 0.3) is 11.5 Å². The number of aliphatic carboxylic acids is 1. The second-order valence-corrected chi connectivity index (χ2v) is 8.47. The summed E-state index contributed by atoms with van der Waals surface area (Å²) in [5.74, 6) is -1.57. The minimum Gasteiger partial charge on any atom is -0.481 e. The zero-order chi connectivity index (χ0) is 28.2. The summed E-state index contributed by atoms with van der Waals surface area (Å²) in [6, 6.07) is 14.0. The molecule has 198 valence electrons. The highest BCUT2D eigenvalue weighted by atomic mass is 19.4. The third-order valence-electron chi connectivity index (χ3n) is 5.96. The molecule has 2 aromatic heterocycles. The van der Waals surface area contributed by atoms with Gasteiger partial charge in [0, 0.05) is 30.1 Å². The first kappa shape index (κ1) is 27.9. The predicted octanol–water partition coefficient (Wildman–Crippen LogP) is 4.48. The molecule has 11 heteroatoms. The van der Waals surface area contributed by atoms with Gasteiger partial charge in [-0.1, -0.05) is 42.5 Å². The lowest BCUT2D eigenvalue weighted by atomic mass is 9.98. The molecule has 0 aliphatic heterocycles. The van der Waals surface area contributed by atoms with Crippen LogP contribution in [-0.4, -0.2) is 32.8 Å². The van der Waals surface area contributed by atoms with Gasteiger partial charge in [0.2, 0.25) is 0 Å². The third-order valence-corrected chi connectivity index (χ3v) is 5.96. The number of aromatic nitrogens is 2. The van der Waals surface area contributed by atoms with Crippen LogP contribution in [0.2, 0.25) is 0 Å². The zero-order valence-electron chi connectivity index (χ0n) is 20.4. The van der Waals surface area contributed by atoms with Crippen LogP contribution < -0.4 is 11.3 Å². The van der Waals surface area contributed by atoms with E-state index in [1.807, 2.05) is 6.07 Å². The van der Waals surface area contributed by atoms with Crippen LogP contribution in [0.25, 0.3) is 22.0 Å². The molecule has 0 unspecified atom stereocenters. The van der Waals surface area contributed by atoms with Crippen LogP contribution in [-0.2, 0) is 24.4 Å². The number of alkyl halides is 3. The predicted molar refractivity (Wildman–Crippen MR) is 135 cm³/mol.